The molecule has 1 saturated heterocycles. The van der Waals surface area contributed by atoms with Gasteiger partial charge in [-0.2, -0.15) is 0 Å². The molecule has 1 N–H and O–H groups in total. The summed E-state index contributed by atoms with van der Waals surface area (Å²) in [5, 5.41) is 3.07. The Morgan fingerprint density at radius 2 is 2.00 bits per heavy atom. The molecule has 0 radical (unpaired) electrons. The largest absolute Gasteiger partial charge is 0.469 e. The first-order chi connectivity index (χ1) is 12.8. The SMILES string of the molecule is O=C(NCCCN1CCN(c2ncccn2)CC1)C1CC1c1ccco1. The van der Waals surface area contributed by atoms with Crippen molar-refractivity contribution in [2.75, 3.05) is 44.2 Å². The molecule has 1 aliphatic carbocycles. The molecule has 2 atom stereocenters. The van der Waals surface area contributed by atoms with Gasteiger partial charge in [-0.1, -0.05) is 0 Å². The quantitative estimate of drug-likeness (QED) is 0.759. The first-order valence-corrected chi connectivity index (χ1v) is 9.37. The van der Waals surface area contributed by atoms with E-state index in [1.807, 2.05) is 18.2 Å². The Hall–Kier alpha value is -2.41. The van der Waals surface area contributed by atoms with Gasteiger partial charge in [0.15, 0.2) is 0 Å². The summed E-state index contributed by atoms with van der Waals surface area (Å²) in [6.45, 7) is 5.66. The molecule has 7 heteroatoms. The van der Waals surface area contributed by atoms with Crippen molar-refractivity contribution in [3.63, 3.8) is 0 Å². The third kappa shape index (κ3) is 4.04. The molecule has 0 spiro atoms. The van der Waals surface area contributed by atoms with Crippen LogP contribution in [0.25, 0.3) is 0 Å². The maximum atomic E-state index is 12.2. The van der Waals surface area contributed by atoms with Crippen molar-refractivity contribution >= 4 is 11.9 Å². The summed E-state index contributed by atoms with van der Waals surface area (Å²) in [5.74, 6) is 2.28. The Bertz CT molecular complexity index is 698. The molecule has 1 amide bonds. The van der Waals surface area contributed by atoms with E-state index < -0.39 is 0 Å². The molecule has 2 unspecified atom stereocenters. The summed E-state index contributed by atoms with van der Waals surface area (Å²) >= 11 is 0. The second-order valence-electron chi connectivity index (χ2n) is 6.99. The summed E-state index contributed by atoms with van der Waals surface area (Å²) in [6, 6.07) is 5.68. The molecular weight excluding hydrogens is 330 g/mol. The standard InChI is InChI=1S/C19H25N5O2/c25-18(16-14-15(16)17-4-1-13-26-17)20-7-3-8-23-9-11-24(12-10-23)19-21-5-2-6-22-19/h1-2,4-6,13,15-16H,3,7-12,14H2,(H,20,25). The minimum Gasteiger partial charge on any atom is -0.469 e. The highest BCUT2D eigenvalue weighted by Crippen LogP contribution is 2.47. The minimum atomic E-state index is 0.0931. The van der Waals surface area contributed by atoms with Crippen molar-refractivity contribution in [3.8, 4) is 0 Å². The van der Waals surface area contributed by atoms with Crippen LogP contribution in [0.4, 0.5) is 5.95 Å². The average Bonchev–Trinajstić information content (AvgIpc) is 3.31. The predicted octanol–water partition coefficient (Wildman–Crippen LogP) is 1.50. The molecule has 0 bridgehead atoms. The summed E-state index contributed by atoms with van der Waals surface area (Å²) in [5.41, 5.74) is 0. The minimum absolute atomic E-state index is 0.0931. The highest BCUT2D eigenvalue weighted by molar-refractivity contribution is 5.82. The Morgan fingerprint density at radius 3 is 2.73 bits per heavy atom. The van der Waals surface area contributed by atoms with Crippen molar-refractivity contribution in [2.24, 2.45) is 5.92 Å². The molecule has 2 aromatic heterocycles. The third-order valence-corrected chi connectivity index (χ3v) is 5.19. The van der Waals surface area contributed by atoms with Crippen LogP contribution in [-0.4, -0.2) is 60.0 Å². The third-order valence-electron chi connectivity index (χ3n) is 5.19. The number of carbonyl (C=O) groups is 1. The smallest absolute Gasteiger partial charge is 0.225 e. The Morgan fingerprint density at radius 1 is 1.19 bits per heavy atom. The summed E-state index contributed by atoms with van der Waals surface area (Å²) < 4.78 is 5.38. The number of aromatic nitrogens is 2. The monoisotopic (exact) mass is 355 g/mol. The van der Waals surface area contributed by atoms with E-state index in [0.717, 1.165) is 63.8 Å². The zero-order valence-electron chi connectivity index (χ0n) is 14.9. The van der Waals surface area contributed by atoms with E-state index in [0.29, 0.717) is 0 Å². The lowest BCUT2D eigenvalue weighted by Gasteiger charge is -2.34. The zero-order chi connectivity index (χ0) is 17.8. The summed E-state index contributed by atoms with van der Waals surface area (Å²) in [4.78, 5) is 25.5. The number of hydrogen-bond acceptors (Lipinski definition) is 6. The van der Waals surface area contributed by atoms with Crippen molar-refractivity contribution in [2.45, 2.75) is 18.8 Å². The van der Waals surface area contributed by atoms with Gasteiger partial charge in [-0.3, -0.25) is 9.69 Å². The first-order valence-electron chi connectivity index (χ1n) is 9.37. The highest BCUT2D eigenvalue weighted by atomic mass is 16.3. The first kappa shape index (κ1) is 17.0. The van der Waals surface area contributed by atoms with E-state index in [1.54, 1.807) is 18.7 Å². The predicted molar refractivity (Wildman–Crippen MR) is 97.9 cm³/mol. The van der Waals surface area contributed by atoms with E-state index in [1.165, 1.54) is 0 Å². The molecule has 3 heterocycles. The molecule has 1 saturated carbocycles. The maximum Gasteiger partial charge on any atom is 0.225 e. The number of rotatable bonds is 7. The van der Waals surface area contributed by atoms with Crippen LogP contribution >= 0.6 is 0 Å². The second kappa shape index (κ2) is 7.86. The fourth-order valence-electron chi connectivity index (χ4n) is 3.57. The van der Waals surface area contributed by atoms with E-state index in [2.05, 4.69) is 25.1 Å². The molecule has 2 aliphatic rings. The Kier molecular flexibility index (Phi) is 5.15. The number of nitrogens with zero attached hydrogens (tertiary/aromatic N) is 4. The molecular formula is C19H25N5O2. The van der Waals surface area contributed by atoms with Crippen LogP contribution in [0.5, 0.6) is 0 Å². The molecule has 2 aromatic rings. The normalized spacial score (nSPS) is 23.0. The van der Waals surface area contributed by atoms with Crippen LogP contribution in [0.1, 0.15) is 24.5 Å². The van der Waals surface area contributed by atoms with E-state index in [9.17, 15) is 4.79 Å². The van der Waals surface area contributed by atoms with Crippen molar-refractivity contribution in [1.29, 1.82) is 0 Å². The van der Waals surface area contributed by atoms with E-state index >= 15 is 0 Å². The van der Waals surface area contributed by atoms with Crippen LogP contribution in [0, 0.1) is 5.92 Å². The average molecular weight is 355 g/mol. The molecule has 138 valence electrons. The number of piperazine rings is 1. The number of furan rings is 1. The Balaban J connectivity index is 1.11. The second-order valence-corrected chi connectivity index (χ2v) is 6.99. The molecule has 4 rings (SSSR count). The fraction of sp³-hybridized carbons (Fsp3) is 0.526. The number of amides is 1. The van der Waals surface area contributed by atoms with Crippen LogP contribution in [0.15, 0.2) is 41.3 Å². The van der Waals surface area contributed by atoms with Crippen molar-refractivity contribution in [1.82, 2.24) is 20.2 Å². The van der Waals surface area contributed by atoms with Gasteiger partial charge >= 0.3 is 0 Å². The number of anilines is 1. The van der Waals surface area contributed by atoms with Crippen LogP contribution in [0.2, 0.25) is 0 Å². The lowest BCUT2D eigenvalue weighted by Crippen LogP contribution is -2.47. The van der Waals surface area contributed by atoms with Gasteiger partial charge < -0.3 is 14.6 Å². The van der Waals surface area contributed by atoms with Gasteiger partial charge in [0.1, 0.15) is 5.76 Å². The van der Waals surface area contributed by atoms with Crippen LogP contribution in [-0.2, 0) is 4.79 Å². The molecule has 26 heavy (non-hydrogen) atoms. The number of hydrogen-bond donors (Lipinski definition) is 1. The molecule has 2 fully saturated rings. The molecule has 1 aliphatic heterocycles. The molecule has 0 aromatic carbocycles. The van der Waals surface area contributed by atoms with Gasteiger partial charge in [-0.25, -0.2) is 9.97 Å². The number of carbonyl (C=O) groups excluding carboxylic acids is 1. The van der Waals surface area contributed by atoms with Crippen molar-refractivity contribution < 1.29 is 9.21 Å². The van der Waals surface area contributed by atoms with E-state index in [-0.39, 0.29) is 17.7 Å². The summed E-state index contributed by atoms with van der Waals surface area (Å²) in [7, 11) is 0. The van der Waals surface area contributed by atoms with Gasteiger partial charge in [0.2, 0.25) is 11.9 Å². The van der Waals surface area contributed by atoms with Gasteiger partial charge in [0.25, 0.3) is 0 Å². The number of nitrogens with one attached hydrogen (secondary N) is 1. The molecule has 7 nitrogen and oxygen atoms in total. The van der Waals surface area contributed by atoms with E-state index in [4.69, 9.17) is 4.42 Å². The van der Waals surface area contributed by atoms with Gasteiger partial charge in [0.05, 0.1) is 6.26 Å². The lowest BCUT2D eigenvalue weighted by molar-refractivity contribution is -0.122. The summed E-state index contributed by atoms with van der Waals surface area (Å²) in [6.07, 6.45) is 7.13. The van der Waals surface area contributed by atoms with Crippen molar-refractivity contribution in [3.05, 3.63) is 42.6 Å². The maximum absolute atomic E-state index is 12.2. The fourth-order valence-corrected chi connectivity index (χ4v) is 3.57. The zero-order valence-corrected chi connectivity index (χ0v) is 14.9. The van der Waals surface area contributed by atoms with Crippen LogP contribution in [0.3, 0.4) is 0 Å². The topological polar surface area (TPSA) is 74.5 Å². The highest BCUT2D eigenvalue weighted by Gasteiger charge is 2.45. The Labute approximate surface area is 153 Å². The van der Waals surface area contributed by atoms with Gasteiger partial charge in [0, 0.05) is 57.0 Å². The lowest BCUT2D eigenvalue weighted by atomic mass is 10.2. The van der Waals surface area contributed by atoms with Gasteiger partial charge in [-0.05, 0) is 37.6 Å². The van der Waals surface area contributed by atoms with Gasteiger partial charge in [-0.15, -0.1) is 0 Å². The van der Waals surface area contributed by atoms with Crippen LogP contribution < -0.4 is 10.2 Å².